The molecule has 5 nitrogen and oxygen atoms in total. The highest BCUT2D eigenvalue weighted by Crippen LogP contribution is 2.35. The van der Waals surface area contributed by atoms with Crippen molar-refractivity contribution in [1.29, 1.82) is 0 Å². The average Bonchev–Trinajstić information content (AvgIpc) is 2.88. The molecule has 0 spiro atoms. The molecule has 0 unspecified atom stereocenters. The Morgan fingerprint density at radius 2 is 2.00 bits per heavy atom. The van der Waals surface area contributed by atoms with E-state index >= 15 is 0 Å². The van der Waals surface area contributed by atoms with Crippen molar-refractivity contribution in [3.05, 3.63) is 53.3 Å². The number of hydrogen-bond donors (Lipinski definition) is 1. The summed E-state index contributed by atoms with van der Waals surface area (Å²) < 4.78 is 16.5. The van der Waals surface area contributed by atoms with Crippen LogP contribution in [0, 0.1) is 0 Å². The Morgan fingerprint density at radius 1 is 1.17 bits per heavy atom. The maximum absolute atomic E-state index is 12.3. The minimum atomic E-state index is -0.213. The molecule has 1 aliphatic rings. The summed E-state index contributed by atoms with van der Waals surface area (Å²) in [5, 5.41) is 9.49. The van der Waals surface area contributed by atoms with E-state index in [0.29, 0.717) is 29.4 Å². The molecule has 2 aromatic carbocycles. The Balaban J connectivity index is 1.88. The number of phenols is 1. The Hall–Kier alpha value is -2.95. The zero-order valence-corrected chi connectivity index (χ0v) is 13.5. The molecule has 0 radical (unpaired) electrons. The summed E-state index contributed by atoms with van der Waals surface area (Å²) in [6.07, 6.45) is 2.55. The fourth-order valence-corrected chi connectivity index (χ4v) is 2.43. The zero-order valence-electron chi connectivity index (χ0n) is 13.5. The largest absolute Gasteiger partial charge is 0.508 e. The van der Waals surface area contributed by atoms with Gasteiger partial charge in [0.1, 0.15) is 11.5 Å². The van der Waals surface area contributed by atoms with Gasteiger partial charge in [0.05, 0.1) is 19.3 Å². The summed E-state index contributed by atoms with van der Waals surface area (Å²) in [6.45, 7) is 2.64. The summed E-state index contributed by atoms with van der Waals surface area (Å²) in [4.78, 5) is 12.3. The predicted octanol–water partition coefficient (Wildman–Crippen LogP) is 3.81. The van der Waals surface area contributed by atoms with Gasteiger partial charge in [-0.1, -0.05) is 13.0 Å². The second-order valence-electron chi connectivity index (χ2n) is 5.38. The molecular weight excluding hydrogens is 308 g/mol. The van der Waals surface area contributed by atoms with Gasteiger partial charge in [0.25, 0.3) is 0 Å². The summed E-state index contributed by atoms with van der Waals surface area (Å²) in [6, 6.07) is 9.87. The highest BCUT2D eigenvalue weighted by molar-refractivity contribution is 6.14. The van der Waals surface area contributed by atoms with E-state index in [4.69, 9.17) is 14.2 Å². The quantitative estimate of drug-likeness (QED) is 0.847. The average molecular weight is 326 g/mol. The zero-order chi connectivity index (χ0) is 17.1. The van der Waals surface area contributed by atoms with Crippen molar-refractivity contribution in [3.63, 3.8) is 0 Å². The summed E-state index contributed by atoms with van der Waals surface area (Å²) in [5.41, 5.74) is 1.20. The normalized spacial score (nSPS) is 14.4. The van der Waals surface area contributed by atoms with Crippen LogP contribution in [0.1, 0.15) is 29.3 Å². The Labute approximate surface area is 140 Å². The van der Waals surface area contributed by atoms with Gasteiger partial charge in [0, 0.05) is 6.07 Å². The van der Waals surface area contributed by atoms with E-state index in [9.17, 15) is 9.90 Å². The minimum Gasteiger partial charge on any atom is -0.508 e. The maximum Gasteiger partial charge on any atom is 0.231 e. The fourth-order valence-electron chi connectivity index (χ4n) is 2.43. The fraction of sp³-hybridized carbons (Fsp3) is 0.211. The van der Waals surface area contributed by atoms with Gasteiger partial charge in [-0.2, -0.15) is 0 Å². The first kappa shape index (κ1) is 15.9. The molecule has 3 rings (SSSR count). The lowest BCUT2D eigenvalue weighted by Gasteiger charge is -2.10. The Kier molecular flexibility index (Phi) is 4.42. The first-order chi connectivity index (χ1) is 11.6. The number of benzene rings is 2. The highest BCUT2D eigenvalue weighted by atomic mass is 16.5. The third-order valence-electron chi connectivity index (χ3n) is 3.60. The molecule has 5 heteroatoms. The van der Waals surface area contributed by atoms with E-state index in [2.05, 4.69) is 0 Å². The minimum absolute atomic E-state index is 0.0573. The van der Waals surface area contributed by atoms with E-state index in [1.807, 2.05) is 13.0 Å². The van der Waals surface area contributed by atoms with Crippen molar-refractivity contribution in [2.75, 3.05) is 13.7 Å². The number of rotatable bonds is 5. The molecule has 0 aliphatic carbocycles. The van der Waals surface area contributed by atoms with Crippen LogP contribution in [-0.2, 0) is 0 Å². The molecule has 0 amide bonds. The van der Waals surface area contributed by atoms with E-state index in [0.717, 1.165) is 12.0 Å². The van der Waals surface area contributed by atoms with Crippen molar-refractivity contribution in [2.45, 2.75) is 13.3 Å². The molecule has 24 heavy (non-hydrogen) atoms. The third-order valence-corrected chi connectivity index (χ3v) is 3.60. The van der Waals surface area contributed by atoms with Gasteiger partial charge in [-0.25, -0.2) is 0 Å². The molecule has 1 heterocycles. The number of hydrogen-bond acceptors (Lipinski definition) is 5. The van der Waals surface area contributed by atoms with Crippen LogP contribution >= 0.6 is 0 Å². The standard InChI is InChI=1S/C19H18O5/c1-3-8-23-15-7-4-12(9-17(15)22-2)10-18-19(21)14-6-5-13(20)11-16(14)24-18/h4-7,9-11,20H,3,8H2,1-2H3. The first-order valence-electron chi connectivity index (χ1n) is 7.70. The van der Waals surface area contributed by atoms with Crippen LogP contribution in [0.15, 0.2) is 42.2 Å². The van der Waals surface area contributed by atoms with Gasteiger partial charge in [-0.05, 0) is 42.3 Å². The van der Waals surface area contributed by atoms with Crippen LogP contribution in [0.5, 0.6) is 23.0 Å². The number of fused-ring (bicyclic) bond motifs is 1. The van der Waals surface area contributed by atoms with Crippen molar-refractivity contribution in [1.82, 2.24) is 0 Å². The molecule has 0 fully saturated rings. The molecular formula is C19H18O5. The highest BCUT2D eigenvalue weighted by Gasteiger charge is 2.27. The van der Waals surface area contributed by atoms with Gasteiger partial charge >= 0.3 is 0 Å². The SMILES string of the molecule is CCCOc1ccc(C=C2Oc3cc(O)ccc3C2=O)cc1OC. The van der Waals surface area contributed by atoms with Crippen molar-refractivity contribution in [2.24, 2.45) is 0 Å². The van der Waals surface area contributed by atoms with E-state index < -0.39 is 0 Å². The van der Waals surface area contributed by atoms with Crippen LogP contribution in [-0.4, -0.2) is 24.6 Å². The van der Waals surface area contributed by atoms with Crippen LogP contribution in [0.4, 0.5) is 0 Å². The molecule has 2 aromatic rings. The van der Waals surface area contributed by atoms with Crippen LogP contribution < -0.4 is 14.2 Å². The predicted molar refractivity (Wildman–Crippen MR) is 89.8 cm³/mol. The Morgan fingerprint density at radius 3 is 2.75 bits per heavy atom. The van der Waals surface area contributed by atoms with Crippen LogP contribution in [0.25, 0.3) is 6.08 Å². The number of aromatic hydroxyl groups is 1. The second-order valence-corrected chi connectivity index (χ2v) is 5.38. The monoisotopic (exact) mass is 326 g/mol. The smallest absolute Gasteiger partial charge is 0.231 e. The van der Waals surface area contributed by atoms with Gasteiger partial charge in [0.15, 0.2) is 17.3 Å². The number of Topliss-reactive ketones (excluding diaryl/α,β-unsaturated/α-hetero) is 1. The number of carbonyl (C=O) groups excluding carboxylic acids is 1. The third kappa shape index (κ3) is 3.06. The molecule has 1 aliphatic heterocycles. The molecule has 0 saturated heterocycles. The summed E-state index contributed by atoms with van der Waals surface area (Å²) >= 11 is 0. The Bertz CT molecular complexity index is 807. The second kappa shape index (κ2) is 6.66. The van der Waals surface area contributed by atoms with Crippen molar-refractivity contribution in [3.8, 4) is 23.0 Å². The molecule has 0 atom stereocenters. The number of methoxy groups -OCH3 is 1. The lowest BCUT2D eigenvalue weighted by Crippen LogP contribution is -1.99. The van der Waals surface area contributed by atoms with Gasteiger partial charge in [0.2, 0.25) is 5.78 Å². The van der Waals surface area contributed by atoms with Gasteiger partial charge < -0.3 is 19.3 Å². The number of allylic oxidation sites excluding steroid dienone is 1. The van der Waals surface area contributed by atoms with Crippen LogP contribution in [0.3, 0.4) is 0 Å². The first-order valence-corrected chi connectivity index (χ1v) is 7.70. The molecule has 0 bridgehead atoms. The van der Waals surface area contributed by atoms with Crippen molar-refractivity contribution >= 4 is 11.9 Å². The number of ketones is 1. The topological polar surface area (TPSA) is 65.0 Å². The summed E-state index contributed by atoms with van der Waals surface area (Å²) in [5.74, 6) is 1.67. The number of ether oxygens (including phenoxy) is 3. The molecule has 0 aromatic heterocycles. The van der Waals surface area contributed by atoms with Crippen molar-refractivity contribution < 1.29 is 24.1 Å². The van der Waals surface area contributed by atoms with E-state index in [1.54, 1.807) is 31.4 Å². The van der Waals surface area contributed by atoms with Crippen LogP contribution in [0.2, 0.25) is 0 Å². The molecule has 1 N–H and O–H groups in total. The lowest BCUT2D eigenvalue weighted by molar-refractivity contribution is 0.101. The van der Waals surface area contributed by atoms with E-state index in [1.165, 1.54) is 12.1 Å². The van der Waals surface area contributed by atoms with Gasteiger partial charge in [-0.3, -0.25) is 4.79 Å². The number of carbonyl (C=O) groups is 1. The number of phenolic OH excluding ortho intramolecular Hbond substituents is 1. The maximum atomic E-state index is 12.3. The summed E-state index contributed by atoms with van der Waals surface area (Å²) in [7, 11) is 1.57. The van der Waals surface area contributed by atoms with E-state index in [-0.39, 0.29) is 17.3 Å². The molecule has 124 valence electrons. The van der Waals surface area contributed by atoms with Gasteiger partial charge in [-0.15, -0.1) is 0 Å². The lowest BCUT2D eigenvalue weighted by atomic mass is 10.1. The molecule has 0 saturated carbocycles.